The van der Waals surface area contributed by atoms with E-state index in [1.807, 2.05) is 5.43 Å². The van der Waals surface area contributed by atoms with Gasteiger partial charge in [-0.05, 0) is 18.2 Å². The van der Waals surface area contributed by atoms with E-state index in [-0.39, 0.29) is 18.1 Å². The molecule has 0 aliphatic rings. The summed E-state index contributed by atoms with van der Waals surface area (Å²) >= 11 is 0. The maximum absolute atomic E-state index is 12.4. The zero-order valence-corrected chi connectivity index (χ0v) is 7.55. The Labute approximate surface area is 83.5 Å². The van der Waals surface area contributed by atoms with E-state index in [0.29, 0.717) is 6.07 Å². The fourth-order valence-electron chi connectivity index (χ4n) is 0.877. The number of nitrogens with one attached hydrogen (secondary N) is 1. The highest BCUT2D eigenvalue weighted by molar-refractivity contribution is 5.85. The van der Waals surface area contributed by atoms with Crippen LogP contribution < -0.4 is 11.3 Å². The van der Waals surface area contributed by atoms with Crippen molar-refractivity contribution in [1.29, 1.82) is 0 Å². The number of hydrogen-bond donors (Lipinski definition) is 2. The molecule has 3 N–H and O–H groups in total. The Balaban J connectivity index is 0.00000169. The van der Waals surface area contributed by atoms with Crippen LogP contribution in [0.2, 0.25) is 0 Å². The van der Waals surface area contributed by atoms with E-state index in [1.54, 1.807) is 0 Å². The van der Waals surface area contributed by atoms with Gasteiger partial charge in [-0.2, -0.15) is 13.2 Å². The molecule has 1 aromatic rings. The van der Waals surface area contributed by atoms with Gasteiger partial charge >= 0.3 is 6.18 Å². The number of nitrogen functional groups attached to an aromatic ring is 1. The Morgan fingerprint density at radius 2 is 1.79 bits per heavy atom. The van der Waals surface area contributed by atoms with Crippen molar-refractivity contribution in [2.45, 2.75) is 6.18 Å². The Morgan fingerprint density at radius 1 is 1.21 bits per heavy atom. The van der Waals surface area contributed by atoms with Gasteiger partial charge in [0.2, 0.25) is 0 Å². The zero-order chi connectivity index (χ0) is 10.1. The molecular weight excluding hydrogens is 224 g/mol. The van der Waals surface area contributed by atoms with Crippen LogP contribution in [0.4, 0.5) is 23.2 Å². The lowest BCUT2D eigenvalue weighted by molar-refractivity contribution is -0.137. The largest absolute Gasteiger partial charge is 0.418 e. The van der Waals surface area contributed by atoms with E-state index >= 15 is 0 Å². The van der Waals surface area contributed by atoms with Crippen LogP contribution in [0.1, 0.15) is 5.56 Å². The molecule has 1 rings (SSSR count). The van der Waals surface area contributed by atoms with Gasteiger partial charge in [0.15, 0.2) is 0 Å². The molecule has 0 aliphatic heterocycles. The molecule has 0 aromatic heterocycles. The molecule has 7 heteroatoms. The van der Waals surface area contributed by atoms with Crippen LogP contribution in [-0.4, -0.2) is 0 Å². The molecule has 80 valence electrons. The molecule has 0 heterocycles. The van der Waals surface area contributed by atoms with Gasteiger partial charge in [-0.3, -0.25) is 5.84 Å². The van der Waals surface area contributed by atoms with Crippen LogP contribution in [0.15, 0.2) is 18.2 Å². The number of hydrogen-bond acceptors (Lipinski definition) is 2. The van der Waals surface area contributed by atoms with Crippen molar-refractivity contribution >= 4 is 18.1 Å². The molecule has 0 amide bonds. The van der Waals surface area contributed by atoms with Gasteiger partial charge in [-0.25, -0.2) is 4.39 Å². The SMILES string of the molecule is Cl.NNc1ccc(F)cc1C(F)(F)F. The number of alkyl halides is 3. The standard InChI is InChI=1S/C7H6F4N2.ClH/c8-4-1-2-6(13-12)5(3-4)7(9,10)11;/h1-3,13H,12H2;1H. The predicted octanol–water partition coefficient (Wildman–Crippen LogP) is 2.55. The summed E-state index contributed by atoms with van der Waals surface area (Å²) in [4.78, 5) is 0. The van der Waals surface area contributed by atoms with Crippen molar-refractivity contribution in [3.05, 3.63) is 29.6 Å². The number of rotatable bonds is 1. The van der Waals surface area contributed by atoms with Crippen molar-refractivity contribution in [1.82, 2.24) is 0 Å². The second-order valence-electron chi connectivity index (χ2n) is 2.33. The maximum atomic E-state index is 12.4. The average Bonchev–Trinajstić information content (AvgIpc) is 2.03. The summed E-state index contributed by atoms with van der Waals surface area (Å²) in [6.45, 7) is 0. The summed E-state index contributed by atoms with van der Waals surface area (Å²) < 4.78 is 48.9. The fraction of sp³-hybridized carbons (Fsp3) is 0.143. The molecule has 0 unspecified atom stereocenters. The third kappa shape index (κ3) is 2.74. The average molecular weight is 231 g/mol. The lowest BCUT2D eigenvalue weighted by atomic mass is 10.1. The van der Waals surface area contributed by atoms with Gasteiger partial charge in [0.05, 0.1) is 11.3 Å². The van der Waals surface area contributed by atoms with E-state index in [9.17, 15) is 17.6 Å². The van der Waals surface area contributed by atoms with Crippen LogP contribution in [0.25, 0.3) is 0 Å². The number of halogens is 5. The van der Waals surface area contributed by atoms with Crippen molar-refractivity contribution in [2.24, 2.45) is 5.84 Å². The molecule has 0 saturated heterocycles. The fourth-order valence-corrected chi connectivity index (χ4v) is 0.877. The van der Waals surface area contributed by atoms with Gasteiger partial charge in [0.25, 0.3) is 0 Å². The molecule has 0 spiro atoms. The Hall–Kier alpha value is -1.01. The summed E-state index contributed by atoms with van der Waals surface area (Å²) in [5.74, 6) is 3.87. The molecule has 1 aromatic carbocycles. The van der Waals surface area contributed by atoms with Gasteiger partial charge in [0.1, 0.15) is 5.82 Å². The van der Waals surface area contributed by atoms with E-state index in [2.05, 4.69) is 0 Å². The Bertz CT molecular complexity index is 313. The molecule has 0 aliphatic carbocycles. The number of benzene rings is 1. The summed E-state index contributed by atoms with van der Waals surface area (Å²) in [7, 11) is 0. The number of hydrazine groups is 1. The van der Waals surface area contributed by atoms with Crippen LogP contribution in [0.3, 0.4) is 0 Å². The molecule has 0 saturated carbocycles. The van der Waals surface area contributed by atoms with Gasteiger partial charge in [-0.15, -0.1) is 12.4 Å². The highest BCUT2D eigenvalue weighted by Gasteiger charge is 2.33. The van der Waals surface area contributed by atoms with Crippen molar-refractivity contribution in [3.63, 3.8) is 0 Å². The Kier molecular flexibility index (Phi) is 4.15. The first-order chi connectivity index (χ1) is 5.95. The van der Waals surface area contributed by atoms with Crippen LogP contribution in [0, 0.1) is 5.82 Å². The van der Waals surface area contributed by atoms with Crippen LogP contribution in [-0.2, 0) is 6.18 Å². The lowest BCUT2D eigenvalue weighted by Gasteiger charge is -2.11. The quantitative estimate of drug-likeness (QED) is 0.442. The molecule has 14 heavy (non-hydrogen) atoms. The first-order valence-electron chi connectivity index (χ1n) is 3.28. The first-order valence-corrected chi connectivity index (χ1v) is 3.28. The first kappa shape index (κ1) is 13.0. The van der Waals surface area contributed by atoms with E-state index in [4.69, 9.17) is 5.84 Å². The summed E-state index contributed by atoms with van der Waals surface area (Å²) in [6.07, 6.45) is -4.61. The number of anilines is 1. The Morgan fingerprint density at radius 3 is 2.21 bits per heavy atom. The van der Waals surface area contributed by atoms with E-state index in [1.165, 1.54) is 0 Å². The highest BCUT2D eigenvalue weighted by atomic mass is 35.5. The topological polar surface area (TPSA) is 38.0 Å². The van der Waals surface area contributed by atoms with Crippen LogP contribution >= 0.6 is 12.4 Å². The highest BCUT2D eigenvalue weighted by Crippen LogP contribution is 2.34. The monoisotopic (exact) mass is 230 g/mol. The molecule has 2 nitrogen and oxygen atoms in total. The van der Waals surface area contributed by atoms with Crippen molar-refractivity contribution in [2.75, 3.05) is 5.43 Å². The second kappa shape index (κ2) is 4.47. The second-order valence-corrected chi connectivity index (χ2v) is 2.33. The maximum Gasteiger partial charge on any atom is 0.418 e. The minimum absolute atomic E-state index is 0. The van der Waals surface area contributed by atoms with Gasteiger partial charge < -0.3 is 5.43 Å². The summed E-state index contributed by atoms with van der Waals surface area (Å²) in [5.41, 5.74) is 0.374. The number of nitrogens with two attached hydrogens (primary N) is 1. The molecular formula is C7H7ClF4N2. The summed E-state index contributed by atoms with van der Waals surface area (Å²) in [6, 6.07) is 2.21. The predicted molar refractivity (Wildman–Crippen MR) is 46.5 cm³/mol. The lowest BCUT2D eigenvalue weighted by Crippen LogP contribution is -2.15. The van der Waals surface area contributed by atoms with Crippen LogP contribution in [0.5, 0.6) is 0 Å². The van der Waals surface area contributed by atoms with E-state index in [0.717, 1.165) is 12.1 Å². The molecule has 0 fully saturated rings. The summed E-state index contributed by atoms with van der Waals surface area (Å²) in [5, 5.41) is 0. The van der Waals surface area contributed by atoms with Crippen molar-refractivity contribution in [3.8, 4) is 0 Å². The normalized spacial score (nSPS) is 10.6. The van der Waals surface area contributed by atoms with Crippen molar-refractivity contribution < 1.29 is 17.6 Å². The van der Waals surface area contributed by atoms with Gasteiger partial charge in [-0.1, -0.05) is 0 Å². The third-order valence-electron chi connectivity index (χ3n) is 1.44. The molecule has 0 radical (unpaired) electrons. The molecule has 0 atom stereocenters. The minimum Gasteiger partial charge on any atom is -0.324 e. The third-order valence-corrected chi connectivity index (χ3v) is 1.44. The zero-order valence-electron chi connectivity index (χ0n) is 6.73. The minimum atomic E-state index is -4.61. The van der Waals surface area contributed by atoms with Gasteiger partial charge in [0, 0.05) is 0 Å². The van der Waals surface area contributed by atoms with E-state index < -0.39 is 17.6 Å². The smallest absolute Gasteiger partial charge is 0.324 e. The molecule has 0 bridgehead atoms.